The van der Waals surface area contributed by atoms with Crippen LogP contribution in [0.15, 0.2) is 41.1 Å². The molecule has 1 aromatic carbocycles. The maximum absolute atomic E-state index is 9.05. The second-order valence-electron chi connectivity index (χ2n) is 2.83. The molecule has 1 aromatic heterocycles. The summed E-state index contributed by atoms with van der Waals surface area (Å²) in [5.74, 6) is 0.281. The Kier molecular flexibility index (Phi) is 2.00. The van der Waals surface area contributed by atoms with Crippen LogP contribution in [-0.2, 0) is 6.42 Å². The zero-order valence-electron chi connectivity index (χ0n) is 6.97. The fraction of sp³-hybridized carbons (Fsp3) is 0.100. The summed E-state index contributed by atoms with van der Waals surface area (Å²) in [4.78, 5) is 0. The first kappa shape index (κ1) is 7.86. The molecule has 3 nitrogen and oxygen atoms in total. The van der Waals surface area contributed by atoms with Crippen molar-refractivity contribution in [1.29, 1.82) is 0 Å². The van der Waals surface area contributed by atoms with Crippen molar-refractivity contribution in [3.05, 3.63) is 47.9 Å². The summed E-state index contributed by atoms with van der Waals surface area (Å²) in [6.45, 7) is 0. The lowest BCUT2D eigenvalue weighted by Crippen LogP contribution is -1.86. The van der Waals surface area contributed by atoms with E-state index in [-0.39, 0.29) is 5.75 Å². The van der Waals surface area contributed by atoms with E-state index in [1.807, 2.05) is 18.2 Å². The maximum Gasteiger partial charge on any atom is 0.124 e. The Morgan fingerprint density at radius 3 is 2.54 bits per heavy atom. The third-order valence-corrected chi connectivity index (χ3v) is 1.81. The molecule has 0 amide bonds. The largest absolute Gasteiger partial charge is 0.508 e. The van der Waals surface area contributed by atoms with Crippen molar-refractivity contribution in [2.45, 2.75) is 6.42 Å². The normalized spacial score (nSPS) is 10.2. The first-order chi connectivity index (χ1) is 6.34. The lowest BCUT2D eigenvalue weighted by Gasteiger charge is -1.96. The van der Waals surface area contributed by atoms with E-state index in [1.54, 1.807) is 18.4 Å². The number of hydrogen-bond acceptors (Lipinski definition) is 3. The molecule has 0 bridgehead atoms. The van der Waals surface area contributed by atoms with E-state index in [2.05, 4.69) is 5.16 Å². The van der Waals surface area contributed by atoms with Crippen LogP contribution < -0.4 is 0 Å². The molecule has 0 radical (unpaired) electrons. The average molecular weight is 175 g/mol. The fourth-order valence-electron chi connectivity index (χ4n) is 1.15. The van der Waals surface area contributed by atoms with Gasteiger partial charge < -0.3 is 9.63 Å². The van der Waals surface area contributed by atoms with Crippen LogP contribution in [0.1, 0.15) is 11.3 Å². The Balaban J connectivity index is 2.15. The molecule has 0 aliphatic heterocycles. The third-order valence-electron chi connectivity index (χ3n) is 1.81. The molecule has 3 heteroatoms. The summed E-state index contributed by atoms with van der Waals surface area (Å²) in [5, 5.41) is 12.8. The van der Waals surface area contributed by atoms with Crippen LogP contribution in [0, 0.1) is 0 Å². The number of hydrogen-bond donors (Lipinski definition) is 1. The summed E-state index contributed by atoms with van der Waals surface area (Å²) in [6.07, 6.45) is 2.28. The van der Waals surface area contributed by atoms with Crippen molar-refractivity contribution in [2.24, 2.45) is 0 Å². The van der Waals surface area contributed by atoms with E-state index < -0.39 is 0 Å². The number of phenols is 1. The van der Waals surface area contributed by atoms with Crippen LogP contribution >= 0.6 is 0 Å². The first-order valence-electron chi connectivity index (χ1n) is 4.02. The second kappa shape index (κ2) is 3.31. The predicted molar refractivity (Wildman–Crippen MR) is 47.4 cm³/mol. The van der Waals surface area contributed by atoms with Crippen LogP contribution in [0.25, 0.3) is 0 Å². The van der Waals surface area contributed by atoms with Gasteiger partial charge in [0.1, 0.15) is 12.0 Å². The topological polar surface area (TPSA) is 46.3 Å². The van der Waals surface area contributed by atoms with Gasteiger partial charge in [-0.15, -0.1) is 0 Å². The Morgan fingerprint density at radius 1 is 1.15 bits per heavy atom. The van der Waals surface area contributed by atoms with Gasteiger partial charge in [0, 0.05) is 12.5 Å². The highest BCUT2D eigenvalue weighted by Crippen LogP contribution is 2.12. The quantitative estimate of drug-likeness (QED) is 0.759. The molecule has 0 saturated carbocycles. The molecule has 0 aliphatic carbocycles. The first-order valence-corrected chi connectivity index (χ1v) is 4.02. The van der Waals surface area contributed by atoms with Gasteiger partial charge in [-0.05, 0) is 17.7 Å². The minimum absolute atomic E-state index is 0.281. The molecule has 0 spiro atoms. The van der Waals surface area contributed by atoms with Gasteiger partial charge >= 0.3 is 0 Å². The number of aromatic hydroxyl groups is 1. The lowest BCUT2D eigenvalue weighted by molar-refractivity contribution is 0.413. The zero-order chi connectivity index (χ0) is 9.10. The van der Waals surface area contributed by atoms with Crippen molar-refractivity contribution in [3.63, 3.8) is 0 Å². The SMILES string of the molecule is Oc1ccc(Cc2ccon2)cc1. The molecule has 0 saturated heterocycles. The van der Waals surface area contributed by atoms with Gasteiger partial charge in [0.25, 0.3) is 0 Å². The van der Waals surface area contributed by atoms with Crippen LogP contribution in [0.3, 0.4) is 0 Å². The Morgan fingerprint density at radius 2 is 1.92 bits per heavy atom. The molecule has 66 valence electrons. The van der Waals surface area contributed by atoms with Gasteiger partial charge in [-0.3, -0.25) is 0 Å². The van der Waals surface area contributed by atoms with Crippen LogP contribution in [0.4, 0.5) is 0 Å². The standard InChI is InChI=1S/C10H9NO2/c12-10-3-1-8(2-4-10)7-9-5-6-13-11-9/h1-6,12H,7H2. The van der Waals surface area contributed by atoms with Crippen LogP contribution in [0.5, 0.6) is 5.75 Å². The summed E-state index contributed by atoms with van der Waals surface area (Å²) in [7, 11) is 0. The molecular formula is C10H9NO2. The van der Waals surface area contributed by atoms with Crippen LogP contribution in [0.2, 0.25) is 0 Å². The summed E-state index contributed by atoms with van der Waals surface area (Å²) < 4.78 is 4.71. The Hall–Kier alpha value is -1.77. The zero-order valence-corrected chi connectivity index (χ0v) is 6.97. The average Bonchev–Trinajstić information content (AvgIpc) is 2.62. The van der Waals surface area contributed by atoms with E-state index >= 15 is 0 Å². The molecule has 13 heavy (non-hydrogen) atoms. The molecular weight excluding hydrogens is 166 g/mol. The van der Waals surface area contributed by atoms with Crippen molar-refractivity contribution in [1.82, 2.24) is 5.16 Å². The highest BCUT2D eigenvalue weighted by Gasteiger charge is 1.98. The number of aromatic nitrogens is 1. The number of benzene rings is 1. The minimum Gasteiger partial charge on any atom is -0.508 e. The van der Waals surface area contributed by atoms with Gasteiger partial charge in [-0.1, -0.05) is 17.3 Å². The summed E-state index contributed by atoms with van der Waals surface area (Å²) in [5.41, 5.74) is 2.00. The highest BCUT2D eigenvalue weighted by molar-refractivity contribution is 5.28. The lowest BCUT2D eigenvalue weighted by atomic mass is 10.1. The molecule has 0 fully saturated rings. The molecule has 2 rings (SSSR count). The monoisotopic (exact) mass is 175 g/mol. The van der Waals surface area contributed by atoms with Gasteiger partial charge in [-0.25, -0.2) is 0 Å². The van der Waals surface area contributed by atoms with Crippen LogP contribution in [-0.4, -0.2) is 10.3 Å². The van der Waals surface area contributed by atoms with E-state index in [9.17, 15) is 0 Å². The number of phenolic OH excluding ortho intramolecular Hbond substituents is 1. The molecule has 2 aromatic rings. The molecule has 0 atom stereocenters. The maximum atomic E-state index is 9.05. The van der Waals surface area contributed by atoms with E-state index in [4.69, 9.17) is 9.63 Å². The van der Waals surface area contributed by atoms with Crippen molar-refractivity contribution in [3.8, 4) is 5.75 Å². The molecule has 1 heterocycles. The minimum atomic E-state index is 0.281. The Labute approximate surface area is 75.6 Å². The number of rotatable bonds is 2. The summed E-state index contributed by atoms with van der Waals surface area (Å²) in [6, 6.07) is 8.88. The molecule has 0 aliphatic rings. The molecule has 0 unspecified atom stereocenters. The van der Waals surface area contributed by atoms with Gasteiger partial charge in [-0.2, -0.15) is 0 Å². The van der Waals surface area contributed by atoms with E-state index in [0.29, 0.717) is 0 Å². The van der Waals surface area contributed by atoms with Gasteiger partial charge in [0.15, 0.2) is 0 Å². The Bertz CT molecular complexity index is 364. The third kappa shape index (κ3) is 1.87. The van der Waals surface area contributed by atoms with E-state index in [0.717, 1.165) is 17.7 Å². The van der Waals surface area contributed by atoms with Crippen molar-refractivity contribution in [2.75, 3.05) is 0 Å². The van der Waals surface area contributed by atoms with Crippen molar-refractivity contribution >= 4 is 0 Å². The van der Waals surface area contributed by atoms with Gasteiger partial charge in [0.05, 0.1) is 5.69 Å². The molecule has 1 N–H and O–H groups in total. The van der Waals surface area contributed by atoms with Crippen molar-refractivity contribution < 1.29 is 9.63 Å². The smallest absolute Gasteiger partial charge is 0.124 e. The van der Waals surface area contributed by atoms with Gasteiger partial charge in [0.2, 0.25) is 0 Å². The predicted octanol–water partition coefficient (Wildman–Crippen LogP) is 1.97. The second-order valence-corrected chi connectivity index (χ2v) is 2.83. The highest BCUT2D eigenvalue weighted by atomic mass is 16.5. The number of nitrogens with zero attached hydrogens (tertiary/aromatic N) is 1. The fourth-order valence-corrected chi connectivity index (χ4v) is 1.15. The summed E-state index contributed by atoms with van der Waals surface area (Å²) >= 11 is 0. The van der Waals surface area contributed by atoms with E-state index in [1.165, 1.54) is 0 Å².